The topological polar surface area (TPSA) is 90.5 Å². The van der Waals surface area contributed by atoms with Crippen molar-refractivity contribution in [3.63, 3.8) is 0 Å². The van der Waals surface area contributed by atoms with Crippen molar-refractivity contribution in [3.8, 4) is 28.3 Å². The second kappa shape index (κ2) is 11.0. The molecule has 0 unspecified atom stereocenters. The van der Waals surface area contributed by atoms with Crippen molar-refractivity contribution in [1.82, 2.24) is 29.5 Å². The Bertz CT molecular complexity index is 1430. The third-order valence-electron chi connectivity index (χ3n) is 5.48. The van der Waals surface area contributed by atoms with E-state index in [9.17, 15) is 4.79 Å². The monoisotopic (exact) mass is 495 g/mol. The molecule has 0 fully saturated rings. The van der Waals surface area contributed by atoms with Crippen molar-refractivity contribution >= 4 is 23.5 Å². The summed E-state index contributed by atoms with van der Waals surface area (Å²) in [4.78, 5) is 17.1. The molecule has 0 aliphatic heterocycles. The van der Waals surface area contributed by atoms with Gasteiger partial charge in [-0.2, -0.15) is 5.10 Å². The van der Waals surface area contributed by atoms with Gasteiger partial charge in [-0.05, 0) is 30.7 Å². The summed E-state index contributed by atoms with van der Waals surface area (Å²) in [5.41, 5.74) is 3.58. The van der Waals surface area contributed by atoms with Crippen LogP contribution in [0.2, 0.25) is 0 Å². The smallest absolute Gasteiger partial charge is 0.236 e. The van der Waals surface area contributed by atoms with Gasteiger partial charge in [-0.1, -0.05) is 67.2 Å². The molecule has 0 bridgehead atoms. The summed E-state index contributed by atoms with van der Waals surface area (Å²) >= 11 is 1.37. The highest BCUT2D eigenvalue weighted by molar-refractivity contribution is 7.99. The van der Waals surface area contributed by atoms with Gasteiger partial charge in [0.2, 0.25) is 5.91 Å². The number of aromatic nitrogens is 6. The minimum atomic E-state index is -0.145. The predicted molar refractivity (Wildman–Crippen MR) is 142 cm³/mol. The Kier molecular flexibility index (Phi) is 7.18. The summed E-state index contributed by atoms with van der Waals surface area (Å²) in [5.74, 6) is 1.43. The molecule has 8 nitrogen and oxygen atoms in total. The highest BCUT2D eigenvalue weighted by atomic mass is 32.2. The van der Waals surface area contributed by atoms with Crippen LogP contribution in [0.5, 0.6) is 0 Å². The van der Waals surface area contributed by atoms with E-state index >= 15 is 0 Å². The lowest BCUT2D eigenvalue weighted by molar-refractivity contribution is -0.113. The standard InChI is InChI=1S/C27H25N7OS/c1-2-17-33-26(21-13-15-28-16-14-21)30-31-27(33)36-19-25(35)29-24-18-23(20-9-5-3-6-10-20)32-34(24)22-11-7-4-8-12-22/h3-16,18H,2,17,19H2,1H3,(H,29,35). The second-order valence-corrected chi connectivity index (χ2v) is 9.00. The Balaban J connectivity index is 1.35. The number of carbonyl (C=O) groups excluding carboxylic acids is 1. The molecule has 36 heavy (non-hydrogen) atoms. The van der Waals surface area contributed by atoms with E-state index < -0.39 is 0 Å². The second-order valence-electron chi connectivity index (χ2n) is 8.06. The molecule has 180 valence electrons. The zero-order valence-electron chi connectivity index (χ0n) is 19.8. The maximum Gasteiger partial charge on any atom is 0.236 e. The third-order valence-corrected chi connectivity index (χ3v) is 6.45. The van der Waals surface area contributed by atoms with E-state index in [0.29, 0.717) is 11.0 Å². The first-order valence-electron chi connectivity index (χ1n) is 11.7. The average molecular weight is 496 g/mol. The Morgan fingerprint density at radius 2 is 1.64 bits per heavy atom. The van der Waals surface area contributed by atoms with Crippen molar-refractivity contribution in [2.45, 2.75) is 25.0 Å². The number of thioether (sulfide) groups is 1. The van der Waals surface area contributed by atoms with E-state index in [1.807, 2.05) is 78.9 Å². The van der Waals surface area contributed by atoms with Gasteiger partial charge in [0.05, 0.1) is 17.1 Å². The van der Waals surface area contributed by atoms with Crippen LogP contribution < -0.4 is 5.32 Å². The fourth-order valence-corrected chi connectivity index (χ4v) is 4.59. The Labute approximate surface area is 213 Å². The zero-order chi connectivity index (χ0) is 24.7. The van der Waals surface area contributed by atoms with E-state index in [1.165, 1.54) is 11.8 Å². The first kappa shape index (κ1) is 23.5. The van der Waals surface area contributed by atoms with Crippen molar-refractivity contribution in [2.24, 2.45) is 0 Å². The van der Waals surface area contributed by atoms with Gasteiger partial charge in [0, 0.05) is 36.1 Å². The molecule has 3 aromatic heterocycles. The van der Waals surface area contributed by atoms with Crippen molar-refractivity contribution < 1.29 is 4.79 Å². The number of nitrogens with one attached hydrogen (secondary N) is 1. The van der Waals surface area contributed by atoms with Gasteiger partial charge < -0.3 is 9.88 Å². The molecule has 1 amide bonds. The molecule has 0 saturated heterocycles. The molecule has 5 aromatic rings. The molecular weight excluding hydrogens is 470 g/mol. The highest BCUT2D eigenvalue weighted by Crippen LogP contribution is 2.26. The van der Waals surface area contributed by atoms with E-state index in [1.54, 1.807) is 17.1 Å². The lowest BCUT2D eigenvalue weighted by atomic mass is 10.2. The maximum absolute atomic E-state index is 13.0. The normalized spacial score (nSPS) is 10.9. The van der Waals surface area contributed by atoms with E-state index in [2.05, 4.69) is 32.0 Å². The van der Waals surface area contributed by atoms with Gasteiger partial charge in [-0.3, -0.25) is 9.78 Å². The minimum Gasteiger partial charge on any atom is -0.310 e. The fraction of sp³-hybridized carbons (Fsp3) is 0.148. The molecule has 2 aromatic carbocycles. The van der Waals surface area contributed by atoms with E-state index in [-0.39, 0.29) is 11.7 Å². The molecular formula is C27H25N7OS. The lowest BCUT2D eigenvalue weighted by Crippen LogP contribution is -2.17. The van der Waals surface area contributed by atoms with Crippen molar-refractivity contribution in [1.29, 1.82) is 0 Å². The van der Waals surface area contributed by atoms with E-state index in [0.717, 1.165) is 41.3 Å². The van der Waals surface area contributed by atoms with Crippen LogP contribution in [0.4, 0.5) is 5.82 Å². The first-order chi connectivity index (χ1) is 17.7. The Hall–Kier alpha value is -4.24. The summed E-state index contributed by atoms with van der Waals surface area (Å²) in [6, 6.07) is 25.4. The number of pyridine rings is 1. The number of para-hydroxylation sites is 1. The molecule has 0 spiro atoms. The largest absolute Gasteiger partial charge is 0.310 e. The summed E-state index contributed by atoms with van der Waals surface area (Å²) in [7, 11) is 0. The Morgan fingerprint density at radius 1 is 0.917 bits per heavy atom. The maximum atomic E-state index is 13.0. The van der Waals surface area contributed by atoms with Gasteiger partial charge in [0.15, 0.2) is 11.0 Å². The van der Waals surface area contributed by atoms with Crippen LogP contribution in [0.15, 0.2) is 96.4 Å². The van der Waals surface area contributed by atoms with Crippen LogP contribution in [0.1, 0.15) is 13.3 Å². The summed E-state index contributed by atoms with van der Waals surface area (Å²) in [5, 5.41) is 17.2. The summed E-state index contributed by atoms with van der Waals surface area (Å²) in [6.07, 6.45) is 4.40. The molecule has 3 heterocycles. The van der Waals surface area contributed by atoms with Crippen LogP contribution in [0.25, 0.3) is 28.3 Å². The van der Waals surface area contributed by atoms with Crippen LogP contribution >= 0.6 is 11.8 Å². The number of carbonyl (C=O) groups is 1. The SMILES string of the molecule is CCCn1c(SCC(=O)Nc2cc(-c3ccccc3)nn2-c2ccccc2)nnc1-c1ccncc1. The number of amides is 1. The lowest BCUT2D eigenvalue weighted by Gasteiger charge is -2.10. The number of benzene rings is 2. The van der Waals surface area contributed by atoms with Crippen LogP contribution in [-0.4, -0.2) is 41.2 Å². The zero-order valence-corrected chi connectivity index (χ0v) is 20.6. The van der Waals surface area contributed by atoms with Crippen molar-refractivity contribution in [3.05, 3.63) is 91.3 Å². The molecule has 1 N–H and O–H groups in total. The summed E-state index contributed by atoms with van der Waals surface area (Å²) < 4.78 is 3.81. The average Bonchev–Trinajstić information content (AvgIpc) is 3.53. The minimum absolute atomic E-state index is 0.145. The Morgan fingerprint density at radius 3 is 2.36 bits per heavy atom. The van der Waals surface area contributed by atoms with Crippen LogP contribution in [0.3, 0.4) is 0 Å². The number of nitrogens with zero attached hydrogens (tertiary/aromatic N) is 6. The predicted octanol–water partition coefficient (Wildman–Crippen LogP) is 5.33. The number of hydrogen-bond donors (Lipinski definition) is 1. The van der Waals surface area contributed by atoms with Gasteiger partial charge in [0.25, 0.3) is 0 Å². The number of anilines is 1. The molecule has 0 aliphatic rings. The third kappa shape index (κ3) is 5.21. The van der Waals surface area contributed by atoms with Crippen LogP contribution in [0, 0.1) is 0 Å². The van der Waals surface area contributed by atoms with Crippen molar-refractivity contribution in [2.75, 3.05) is 11.1 Å². The molecule has 0 atom stereocenters. The van der Waals surface area contributed by atoms with E-state index in [4.69, 9.17) is 5.10 Å². The quantitative estimate of drug-likeness (QED) is 0.278. The van der Waals surface area contributed by atoms with Crippen LogP contribution in [-0.2, 0) is 11.3 Å². The molecule has 0 radical (unpaired) electrons. The number of rotatable bonds is 9. The number of hydrogen-bond acceptors (Lipinski definition) is 6. The molecule has 5 rings (SSSR count). The van der Waals surface area contributed by atoms with Gasteiger partial charge >= 0.3 is 0 Å². The summed E-state index contributed by atoms with van der Waals surface area (Å²) in [6.45, 7) is 2.86. The molecule has 0 aliphatic carbocycles. The highest BCUT2D eigenvalue weighted by Gasteiger charge is 2.17. The van der Waals surface area contributed by atoms with Gasteiger partial charge in [-0.25, -0.2) is 4.68 Å². The first-order valence-corrected chi connectivity index (χ1v) is 12.7. The van der Waals surface area contributed by atoms with Gasteiger partial charge in [0.1, 0.15) is 5.82 Å². The molecule has 0 saturated carbocycles. The van der Waals surface area contributed by atoms with Gasteiger partial charge in [-0.15, -0.1) is 10.2 Å². The molecule has 9 heteroatoms. The fourth-order valence-electron chi connectivity index (χ4n) is 3.83.